The number of carboxylic acid groups (broad SMARTS) is 1. The van der Waals surface area contributed by atoms with Gasteiger partial charge < -0.3 is 29.9 Å². The van der Waals surface area contributed by atoms with Gasteiger partial charge in [-0.2, -0.15) is 8.78 Å². The number of alkyl halides is 2. The number of aliphatic carboxylic acids is 1. The van der Waals surface area contributed by atoms with Crippen LogP contribution in [0.1, 0.15) is 60.8 Å². The van der Waals surface area contributed by atoms with Gasteiger partial charge in [-0.3, -0.25) is 4.79 Å². The maximum Gasteiger partial charge on any atom is 0.387 e. The third-order valence-electron chi connectivity index (χ3n) is 7.67. The van der Waals surface area contributed by atoms with E-state index in [1.807, 2.05) is 43.3 Å². The number of ether oxygens (including phenoxy) is 2. The van der Waals surface area contributed by atoms with Crippen LogP contribution in [0.5, 0.6) is 11.6 Å². The van der Waals surface area contributed by atoms with Gasteiger partial charge in [0.25, 0.3) is 5.88 Å². The Bertz CT molecular complexity index is 1450. The fourth-order valence-corrected chi connectivity index (χ4v) is 6.61. The number of halogens is 2. The van der Waals surface area contributed by atoms with E-state index in [0.717, 1.165) is 21.7 Å². The molecule has 0 radical (unpaired) electrons. The molecule has 4 unspecified atom stereocenters. The van der Waals surface area contributed by atoms with Crippen molar-refractivity contribution in [2.75, 3.05) is 24.3 Å². The molecular weight excluding hydrogens is 580 g/mol. The van der Waals surface area contributed by atoms with Gasteiger partial charge in [0.1, 0.15) is 11.8 Å². The summed E-state index contributed by atoms with van der Waals surface area (Å²) in [4.78, 5) is 16.8. The second-order valence-corrected chi connectivity index (χ2v) is 12.1. The number of hydrogen-bond acceptors (Lipinski definition) is 9. The maximum absolute atomic E-state index is 13.6. The number of anilines is 2. The molecule has 3 aromatic rings. The first-order valence-electron chi connectivity index (χ1n) is 13.9. The topological polar surface area (TPSA) is 150 Å². The predicted octanol–water partition coefficient (Wildman–Crippen LogP) is 4.94. The van der Waals surface area contributed by atoms with Gasteiger partial charge in [0.15, 0.2) is 5.75 Å². The van der Waals surface area contributed by atoms with Crippen molar-refractivity contribution in [3.63, 3.8) is 0 Å². The number of benzene rings is 2. The molecule has 0 saturated carbocycles. The Morgan fingerprint density at radius 3 is 2.70 bits per heavy atom. The largest absolute Gasteiger partial charge is 0.593 e. The van der Waals surface area contributed by atoms with Crippen LogP contribution < -0.4 is 26.1 Å². The number of nitrogens with zero attached hydrogens (tertiary/aromatic N) is 3. The fourth-order valence-electron chi connectivity index (χ4n) is 5.33. The summed E-state index contributed by atoms with van der Waals surface area (Å²) in [6, 6.07) is 12.2. The third kappa shape index (κ3) is 7.47. The van der Waals surface area contributed by atoms with Gasteiger partial charge in [-0.05, 0) is 59.7 Å². The highest BCUT2D eigenvalue weighted by Gasteiger charge is 2.35. The lowest BCUT2D eigenvalue weighted by atomic mass is 9.79. The number of nitrogens with two attached hydrogens (primary N) is 2. The quantitative estimate of drug-likeness (QED) is 0.117. The molecule has 0 bridgehead atoms. The van der Waals surface area contributed by atoms with Crippen LogP contribution in [0.15, 0.2) is 53.6 Å². The molecule has 2 aromatic carbocycles. The van der Waals surface area contributed by atoms with Gasteiger partial charge in [0, 0.05) is 25.2 Å². The number of carboxylic acids is 1. The number of aryl methyl sites for hydroxylation is 1. The number of aromatic nitrogens is 1. The van der Waals surface area contributed by atoms with Crippen molar-refractivity contribution in [1.82, 2.24) is 9.29 Å². The first-order chi connectivity index (χ1) is 20.4. The van der Waals surface area contributed by atoms with Crippen molar-refractivity contribution in [3.8, 4) is 11.6 Å². The van der Waals surface area contributed by atoms with Crippen LogP contribution in [0.2, 0.25) is 0 Å². The van der Waals surface area contributed by atoms with Crippen LogP contribution >= 0.6 is 0 Å². The molecule has 232 valence electrons. The first kappa shape index (κ1) is 32.3. The zero-order valence-electron chi connectivity index (χ0n) is 24.5. The number of rotatable bonds is 11. The SMILES string of the molecule is CCC1CN(Cc2cc(C(CC(=O)O)C(C)c3cc(N)c(N(C)N)c(OC(F)F)c3)ccc2C)[S+]([O-])c2cccnc2O1. The molecule has 1 aliphatic heterocycles. The van der Waals surface area contributed by atoms with Crippen LogP contribution in [0.25, 0.3) is 0 Å². The predicted molar refractivity (Wildman–Crippen MR) is 160 cm³/mol. The minimum atomic E-state index is -3.11. The molecule has 0 amide bonds. The highest BCUT2D eigenvalue weighted by Crippen LogP contribution is 2.42. The molecule has 5 N–H and O–H groups in total. The molecule has 0 fully saturated rings. The number of pyridine rings is 1. The fraction of sp³-hybridized carbons (Fsp3) is 0.400. The van der Waals surface area contributed by atoms with Crippen molar-refractivity contribution >= 4 is 28.7 Å². The summed E-state index contributed by atoms with van der Waals surface area (Å²) in [5.41, 5.74) is 9.48. The van der Waals surface area contributed by atoms with Crippen molar-refractivity contribution in [2.24, 2.45) is 5.84 Å². The highest BCUT2D eigenvalue weighted by molar-refractivity contribution is 7.89. The molecule has 0 saturated heterocycles. The Morgan fingerprint density at radius 1 is 1.30 bits per heavy atom. The summed E-state index contributed by atoms with van der Waals surface area (Å²) >= 11 is -1.53. The van der Waals surface area contributed by atoms with E-state index in [1.54, 1.807) is 24.4 Å². The molecule has 43 heavy (non-hydrogen) atoms. The summed E-state index contributed by atoms with van der Waals surface area (Å²) in [6.07, 6.45) is 1.86. The van der Waals surface area contributed by atoms with E-state index in [9.17, 15) is 23.2 Å². The van der Waals surface area contributed by atoms with Gasteiger partial charge in [-0.15, -0.1) is 4.31 Å². The molecule has 4 atom stereocenters. The number of nitrogen functional groups attached to an aromatic ring is 1. The first-order valence-corrected chi connectivity index (χ1v) is 15.0. The third-order valence-corrected chi connectivity index (χ3v) is 9.10. The van der Waals surface area contributed by atoms with E-state index in [4.69, 9.17) is 21.1 Å². The molecular formula is C30H37F2N5O5S. The van der Waals surface area contributed by atoms with Crippen molar-refractivity contribution < 1.29 is 32.7 Å². The van der Waals surface area contributed by atoms with E-state index >= 15 is 0 Å². The minimum Gasteiger partial charge on any atom is -0.593 e. The highest BCUT2D eigenvalue weighted by atomic mass is 32.2. The number of fused-ring (bicyclic) bond motifs is 1. The summed E-state index contributed by atoms with van der Waals surface area (Å²) in [7, 11) is 1.45. The minimum absolute atomic E-state index is 0.0974. The lowest BCUT2D eigenvalue weighted by molar-refractivity contribution is -0.137. The average molecular weight is 618 g/mol. The van der Waals surface area contributed by atoms with Gasteiger partial charge in [-0.1, -0.05) is 32.0 Å². The number of hydrogen-bond donors (Lipinski definition) is 3. The summed E-state index contributed by atoms with van der Waals surface area (Å²) < 4.78 is 52.7. The molecule has 4 rings (SSSR count). The van der Waals surface area contributed by atoms with Crippen LogP contribution in [0, 0.1) is 6.92 Å². The Balaban J connectivity index is 1.70. The Kier molecular flexibility index (Phi) is 10.3. The van der Waals surface area contributed by atoms with E-state index in [0.29, 0.717) is 35.8 Å². The molecule has 1 aliphatic rings. The smallest absolute Gasteiger partial charge is 0.387 e. The molecule has 2 heterocycles. The zero-order chi connectivity index (χ0) is 31.4. The van der Waals surface area contributed by atoms with Crippen molar-refractivity contribution in [2.45, 2.75) is 69.6 Å². The van der Waals surface area contributed by atoms with Crippen LogP contribution in [0.3, 0.4) is 0 Å². The Morgan fingerprint density at radius 2 is 2.05 bits per heavy atom. The monoisotopic (exact) mass is 617 g/mol. The second-order valence-electron chi connectivity index (χ2n) is 10.7. The standard InChI is InChI=1S/C30H37F2N5O5S/c1-5-22-16-37(43(40)26-7-6-10-35-29(26)41-22)15-21-11-19(9-8-17(21)2)23(14-27(38)39)18(3)20-12-24(33)28(36(4)34)25(13-20)42-30(31)32/h6-13,18,22-23,30H,5,14-16,33-34H2,1-4H3,(H,38,39). The zero-order valence-corrected chi connectivity index (χ0v) is 25.3. The van der Waals surface area contributed by atoms with Gasteiger partial charge in [0.05, 0.1) is 36.6 Å². The van der Waals surface area contributed by atoms with Crippen LogP contribution in [-0.4, -0.2) is 51.2 Å². The molecule has 0 aliphatic carbocycles. The van der Waals surface area contributed by atoms with Crippen LogP contribution in [0.4, 0.5) is 20.2 Å². The molecule has 10 nitrogen and oxygen atoms in total. The normalized spacial score (nSPS) is 18.3. The van der Waals surface area contributed by atoms with E-state index in [-0.39, 0.29) is 29.6 Å². The lowest BCUT2D eigenvalue weighted by Crippen LogP contribution is -2.36. The van der Waals surface area contributed by atoms with E-state index < -0.39 is 35.8 Å². The average Bonchev–Trinajstić information content (AvgIpc) is 3.07. The Hall–Kier alpha value is -3.65. The van der Waals surface area contributed by atoms with Crippen molar-refractivity contribution in [3.05, 3.63) is 70.9 Å². The Labute approximate surface area is 252 Å². The van der Waals surface area contributed by atoms with Gasteiger partial charge in [0.2, 0.25) is 4.90 Å². The van der Waals surface area contributed by atoms with E-state index in [2.05, 4.69) is 4.98 Å². The summed E-state index contributed by atoms with van der Waals surface area (Å²) in [6.45, 7) is 3.37. The number of hydrazine groups is 1. The number of carbonyl (C=O) groups is 1. The second kappa shape index (κ2) is 13.8. The van der Waals surface area contributed by atoms with Crippen LogP contribution in [-0.2, 0) is 22.7 Å². The summed E-state index contributed by atoms with van der Waals surface area (Å²) in [5, 5.41) is 10.9. The van der Waals surface area contributed by atoms with E-state index in [1.165, 1.54) is 13.1 Å². The lowest BCUT2D eigenvalue weighted by Gasteiger charge is -2.28. The molecule has 0 spiro atoms. The maximum atomic E-state index is 13.6. The molecule has 13 heteroatoms. The molecule has 1 aromatic heterocycles. The summed E-state index contributed by atoms with van der Waals surface area (Å²) in [5.74, 6) is 3.94. The van der Waals surface area contributed by atoms with Gasteiger partial charge >= 0.3 is 12.6 Å². The van der Waals surface area contributed by atoms with Crippen molar-refractivity contribution in [1.29, 1.82) is 0 Å². The van der Waals surface area contributed by atoms with Gasteiger partial charge in [-0.25, -0.2) is 10.8 Å².